The van der Waals surface area contributed by atoms with Gasteiger partial charge in [-0.1, -0.05) is 25.1 Å². The quantitative estimate of drug-likeness (QED) is 0.879. The predicted octanol–water partition coefficient (Wildman–Crippen LogP) is 2.63. The summed E-state index contributed by atoms with van der Waals surface area (Å²) >= 11 is 0. The standard InChI is InChI=1S/C13H12N2O3/c1-8-6-15(11-5-3-2-4-9(8)11)13-14-10(7-18-13)12(16)17/h2-5,7-8H,6H2,1H3,(H,16,17). The molecule has 0 bridgehead atoms. The number of aromatic carboxylic acids is 1. The van der Waals surface area contributed by atoms with Gasteiger partial charge in [0.05, 0.1) is 0 Å². The topological polar surface area (TPSA) is 66.6 Å². The summed E-state index contributed by atoms with van der Waals surface area (Å²) in [5.74, 6) is -0.702. The van der Waals surface area contributed by atoms with Crippen LogP contribution in [-0.4, -0.2) is 22.6 Å². The van der Waals surface area contributed by atoms with Crippen LogP contribution in [0.4, 0.5) is 11.7 Å². The summed E-state index contributed by atoms with van der Waals surface area (Å²) in [6.07, 6.45) is 1.17. The number of fused-ring (bicyclic) bond motifs is 1. The third-order valence-corrected chi connectivity index (χ3v) is 3.16. The molecule has 1 aromatic heterocycles. The predicted molar refractivity (Wildman–Crippen MR) is 65.3 cm³/mol. The molecule has 0 saturated carbocycles. The van der Waals surface area contributed by atoms with E-state index in [0.29, 0.717) is 11.9 Å². The van der Waals surface area contributed by atoms with Crippen LogP contribution in [-0.2, 0) is 0 Å². The van der Waals surface area contributed by atoms with E-state index in [4.69, 9.17) is 9.52 Å². The van der Waals surface area contributed by atoms with Crippen LogP contribution in [0.2, 0.25) is 0 Å². The van der Waals surface area contributed by atoms with E-state index in [0.717, 1.165) is 12.2 Å². The second-order valence-corrected chi connectivity index (χ2v) is 4.39. The molecule has 1 unspecified atom stereocenters. The van der Waals surface area contributed by atoms with Gasteiger partial charge in [0, 0.05) is 18.2 Å². The van der Waals surface area contributed by atoms with Gasteiger partial charge in [-0.2, -0.15) is 4.98 Å². The summed E-state index contributed by atoms with van der Waals surface area (Å²) in [5.41, 5.74) is 2.19. The number of para-hydroxylation sites is 1. The zero-order valence-electron chi connectivity index (χ0n) is 9.83. The Bertz CT molecular complexity index is 606. The minimum absolute atomic E-state index is 0.0676. The fourth-order valence-electron chi connectivity index (χ4n) is 2.29. The van der Waals surface area contributed by atoms with E-state index in [1.807, 2.05) is 23.1 Å². The Morgan fingerprint density at radius 3 is 3.00 bits per heavy atom. The molecule has 0 aliphatic carbocycles. The first-order valence-electron chi connectivity index (χ1n) is 5.72. The molecule has 3 rings (SSSR count). The summed E-state index contributed by atoms with van der Waals surface area (Å²) in [7, 11) is 0. The molecule has 1 aromatic carbocycles. The van der Waals surface area contributed by atoms with Gasteiger partial charge in [-0.05, 0) is 11.6 Å². The minimum atomic E-state index is -1.08. The van der Waals surface area contributed by atoms with Gasteiger partial charge < -0.3 is 9.52 Å². The second-order valence-electron chi connectivity index (χ2n) is 4.39. The normalized spacial score (nSPS) is 17.8. The summed E-state index contributed by atoms with van der Waals surface area (Å²) in [5, 5.41) is 8.85. The summed E-state index contributed by atoms with van der Waals surface area (Å²) in [6, 6.07) is 8.34. The molecule has 0 fully saturated rings. The van der Waals surface area contributed by atoms with Gasteiger partial charge in [0.25, 0.3) is 0 Å². The minimum Gasteiger partial charge on any atom is -0.476 e. The van der Waals surface area contributed by atoms with E-state index >= 15 is 0 Å². The van der Waals surface area contributed by atoms with Crippen LogP contribution in [0.1, 0.15) is 28.9 Å². The number of oxazole rings is 1. The SMILES string of the molecule is CC1CN(c2nc(C(=O)O)co2)c2ccccc21. The van der Waals surface area contributed by atoms with Crippen LogP contribution < -0.4 is 4.90 Å². The number of benzene rings is 1. The van der Waals surface area contributed by atoms with Crippen molar-refractivity contribution in [3.8, 4) is 0 Å². The van der Waals surface area contributed by atoms with E-state index in [-0.39, 0.29) is 5.69 Å². The zero-order valence-corrected chi connectivity index (χ0v) is 9.83. The molecule has 5 nitrogen and oxygen atoms in total. The Kier molecular flexibility index (Phi) is 2.33. The van der Waals surface area contributed by atoms with Gasteiger partial charge in [0.1, 0.15) is 6.26 Å². The van der Waals surface area contributed by atoms with Crippen molar-refractivity contribution in [1.82, 2.24) is 4.98 Å². The Labute approximate surface area is 104 Å². The highest BCUT2D eigenvalue weighted by atomic mass is 16.4. The lowest BCUT2D eigenvalue weighted by atomic mass is 10.0. The first-order valence-corrected chi connectivity index (χ1v) is 5.72. The Balaban J connectivity index is 2.01. The summed E-state index contributed by atoms with van der Waals surface area (Å²) in [6.45, 7) is 2.87. The van der Waals surface area contributed by atoms with Crippen molar-refractivity contribution in [3.63, 3.8) is 0 Å². The first kappa shape index (κ1) is 10.8. The van der Waals surface area contributed by atoms with E-state index in [2.05, 4.69) is 18.0 Å². The first-order chi connectivity index (χ1) is 8.66. The molecule has 0 amide bonds. The van der Waals surface area contributed by atoms with Crippen molar-refractivity contribution >= 4 is 17.7 Å². The third-order valence-electron chi connectivity index (χ3n) is 3.16. The molecule has 18 heavy (non-hydrogen) atoms. The van der Waals surface area contributed by atoms with Crippen LogP contribution in [0.5, 0.6) is 0 Å². The lowest BCUT2D eigenvalue weighted by molar-refractivity contribution is 0.0690. The van der Waals surface area contributed by atoms with Crippen molar-refractivity contribution in [3.05, 3.63) is 41.8 Å². The molecular weight excluding hydrogens is 232 g/mol. The summed E-state index contributed by atoms with van der Waals surface area (Å²) < 4.78 is 5.25. The number of hydrogen-bond acceptors (Lipinski definition) is 4. The highest BCUT2D eigenvalue weighted by Crippen LogP contribution is 2.39. The maximum atomic E-state index is 10.8. The molecule has 5 heteroatoms. The van der Waals surface area contributed by atoms with Gasteiger partial charge in [-0.15, -0.1) is 0 Å². The fraction of sp³-hybridized carbons (Fsp3) is 0.231. The highest BCUT2D eigenvalue weighted by Gasteiger charge is 2.29. The van der Waals surface area contributed by atoms with E-state index in [1.54, 1.807) is 0 Å². The van der Waals surface area contributed by atoms with Crippen molar-refractivity contribution in [1.29, 1.82) is 0 Å². The molecule has 1 atom stereocenters. The smallest absolute Gasteiger partial charge is 0.357 e. The van der Waals surface area contributed by atoms with Crippen molar-refractivity contribution < 1.29 is 14.3 Å². The number of aromatic nitrogens is 1. The van der Waals surface area contributed by atoms with Crippen molar-refractivity contribution in [2.24, 2.45) is 0 Å². The lowest BCUT2D eigenvalue weighted by Gasteiger charge is -2.13. The lowest BCUT2D eigenvalue weighted by Crippen LogP contribution is -2.15. The molecule has 0 saturated heterocycles. The van der Waals surface area contributed by atoms with Gasteiger partial charge in [0.15, 0.2) is 5.69 Å². The Morgan fingerprint density at radius 2 is 2.28 bits per heavy atom. The highest BCUT2D eigenvalue weighted by molar-refractivity contribution is 5.85. The number of carboxylic acid groups (broad SMARTS) is 1. The monoisotopic (exact) mass is 244 g/mol. The number of rotatable bonds is 2. The van der Waals surface area contributed by atoms with Crippen molar-refractivity contribution in [2.75, 3.05) is 11.4 Å². The van der Waals surface area contributed by atoms with Gasteiger partial charge in [-0.3, -0.25) is 4.90 Å². The number of nitrogens with zero attached hydrogens (tertiary/aromatic N) is 2. The van der Waals surface area contributed by atoms with Gasteiger partial charge >= 0.3 is 12.0 Å². The molecule has 0 radical (unpaired) electrons. The molecule has 1 aliphatic rings. The zero-order chi connectivity index (χ0) is 12.7. The maximum absolute atomic E-state index is 10.8. The molecule has 0 spiro atoms. The average molecular weight is 244 g/mol. The molecule has 2 heterocycles. The Morgan fingerprint density at radius 1 is 1.50 bits per heavy atom. The largest absolute Gasteiger partial charge is 0.476 e. The van der Waals surface area contributed by atoms with Crippen LogP contribution >= 0.6 is 0 Å². The van der Waals surface area contributed by atoms with Gasteiger partial charge in [-0.25, -0.2) is 4.79 Å². The van der Waals surface area contributed by atoms with E-state index in [9.17, 15) is 4.79 Å². The van der Waals surface area contributed by atoms with Crippen LogP contribution in [0.25, 0.3) is 0 Å². The summed E-state index contributed by atoms with van der Waals surface area (Å²) in [4.78, 5) is 16.7. The van der Waals surface area contributed by atoms with Gasteiger partial charge in [0.2, 0.25) is 0 Å². The molecular formula is C13H12N2O3. The third kappa shape index (κ3) is 1.55. The van der Waals surface area contributed by atoms with Crippen molar-refractivity contribution in [2.45, 2.75) is 12.8 Å². The molecule has 92 valence electrons. The van der Waals surface area contributed by atoms with Crippen LogP contribution in [0.3, 0.4) is 0 Å². The second kappa shape index (κ2) is 3.87. The number of carbonyl (C=O) groups is 1. The van der Waals surface area contributed by atoms with Crippen LogP contribution in [0.15, 0.2) is 34.9 Å². The number of anilines is 2. The molecule has 1 N–H and O–H groups in total. The Hall–Kier alpha value is -2.30. The number of hydrogen-bond donors (Lipinski definition) is 1. The fourth-order valence-corrected chi connectivity index (χ4v) is 2.29. The van der Waals surface area contributed by atoms with E-state index < -0.39 is 5.97 Å². The van der Waals surface area contributed by atoms with Crippen LogP contribution in [0, 0.1) is 0 Å². The molecule has 2 aromatic rings. The maximum Gasteiger partial charge on any atom is 0.357 e. The van der Waals surface area contributed by atoms with E-state index in [1.165, 1.54) is 11.8 Å². The molecule has 1 aliphatic heterocycles. The number of carboxylic acids is 1. The average Bonchev–Trinajstić information content (AvgIpc) is 2.95.